The zero-order valence-electron chi connectivity index (χ0n) is 8.35. The standard InChI is InChI=1S/C10H18O3S/c11-5-9-6-12-10(13-9)4-8-2-1-3-14-7-8/h8-11H,1-7H2. The van der Waals surface area contributed by atoms with Gasteiger partial charge in [0.1, 0.15) is 6.10 Å². The van der Waals surface area contributed by atoms with Gasteiger partial charge in [-0.05, 0) is 30.3 Å². The second-order valence-electron chi connectivity index (χ2n) is 4.02. The maximum absolute atomic E-state index is 8.88. The first-order valence-electron chi connectivity index (χ1n) is 5.34. The zero-order chi connectivity index (χ0) is 9.80. The number of hydrogen-bond donors (Lipinski definition) is 1. The first-order valence-corrected chi connectivity index (χ1v) is 6.49. The summed E-state index contributed by atoms with van der Waals surface area (Å²) in [5.74, 6) is 3.30. The van der Waals surface area contributed by atoms with E-state index in [1.54, 1.807) is 0 Å². The van der Waals surface area contributed by atoms with Crippen LogP contribution < -0.4 is 0 Å². The number of ether oxygens (including phenoxy) is 2. The van der Waals surface area contributed by atoms with Crippen molar-refractivity contribution in [3.63, 3.8) is 0 Å². The van der Waals surface area contributed by atoms with E-state index in [-0.39, 0.29) is 19.0 Å². The summed E-state index contributed by atoms with van der Waals surface area (Å²) in [5.41, 5.74) is 0. The van der Waals surface area contributed by atoms with Crippen molar-refractivity contribution in [1.29, 1.82) is 0 Å². The van der Waals surface area contributed by atoms with Gasteiger partial charge < -0.3 is 14.6 Å². The van der Waals surface area contributed by atoms with Crippen LogP contribution in [0, 0.1) is 5.92 Å². The summed E-state index contributed by atoms with van der Waals surface area (Å²) in [4.78, 5) is 0. The Bertz CT molecular complexity index is 171. The summed E-state index contributed by atoms with van der Waals surface area (Å²) in [5, 5.41) is 8.88. The average Bonchev–Trinajstić information content (AvgIpc) is 2.67. The van der Waals surface area contributed by atoms with Gasteiger partial charge in [-0.3, -0.25) is 0 Å². The molecule has 0 saturated carbocycles. The fourth-order valence-electron chi connectivity index (χ4n) is 1.99. The summed E-state index contributed by atoms with van der Waals surface area (Å²) in [6.07, 6.45) is 3.49. The van der Waals surface area contributed by atoms with Crippen LogP contribution in [0.3, 0.4) is 0 Å². The number of aliphatic hydroxyl groups excluding tert-OH is 1. The maximum Gasteiger partial charge on any atom is 0.158 e. The monoisotopic (exact) mass is 218 g/mol. The predicted molar refractivity (Wildman–Crippen MR) is 56.4 cm³/mol. The van der Waals surface area contributed by atoms with E-state index in [1.807, 2.05) is 11.8 Å². The van der Waals surface area contributed by atoms with Crippen LogP contribution >= 0.6 is 11.8 Å². The molecule has 3 unspecified atom stereocenters. The minimum absolute atomic E-state index is 0.0594. The molecule has 0 radical (unpaired) electrons. The first-order chi connectivity index (χ1) is 6.88. The summed E-state index contributed by atoms with van der Waals surface area (Å²) < 4.78 is 11.0. The normalized spacial score (nSPS) is 38.8. The molecule has 82 valence electrons. The molecule has 3 nitrogen and oxygen atoms in total. The zero-order valence-corrected chi connectivity index (χ0v) is 9.17. The van der Waals surface area contributed by atoms with Crippen molar-refractivity contribution in [3.8, 4) is 0 Å². The molecule has 2 saturated heterocycles. The number of aliphatic hydroxyl groups is 1. The SMILES string of the molecule is OCC1COC(CC2CCCSC2)O1. The molecule has 1 N–H and O–H groups in total. The van der Waals surface area contributed by atoms with Crippen molar-refractivity contribution in [2.45, 2.75) is 31.7 Å². The second kappa shape index (κ2) is 5.35. The van der Waals surface area contributed by atoms with Gasteiger partial charge >= 0.3 is 0 Å². The molecule has 2 heterocycles. The highest BCUT2D eigenvalue weighted by Crippen LogP contribution is 2.28. The molecule has 0 aromatic heterocycles. The Morgan fingerprint density at radius 3 is 3.00 bits per heavy atom. The molecular weight excluding hydrogens is 200 g/mol. The van der Waals surface area contributed by atoms with Crippen LogP contribution in [0.2, 0.25) is 0 Å². The van der Waals surface area contributed by atoms with E-state index in [0.29, 0.717) is 6.61 Å². The molecule has 0 aliphatic carbocycles. The van der Waals surface area contributed by atoms with E-state index < -0.39 is 0 Å². The molecule has 2 aliphatic heterocycles. The Morgan fingerprint density at radius 2 is 2.36 bits per heavy atom. The van der Waals surface area contributed by atoms with Gasteiger partial charge in [0.05, 0.1) is 13.2 Å². The highest BCUT2D eigenvalue weighted by Gasteiger charge is 2.28. The van der Waals surface area contributed by atoms with Crippen LogP contribution in [0.25, 0.3) is 0 Å². The summed E-state index contributed by atoms with van der Waals surface area (Å²) in [6.45, 7) is 0.636. The van der Waals surface area contributed by atoms with Gasteiger partial charge in [0, 0.05) is 6.42 Å². The molecule has 3 atom stereocenters. The minimum atomic E-state index is -0.0868. The molecule has 0 amide bonds. The predicted octanol–water partition coefficient (Wildman–Crippen LogP) is 1.25. The first kappa shape index (κ1) is 10.7. The summed E-state index contributed by atoms with van der Waals surface area (Å²) in [6, 6.07) is 0. The summed E-state index contributed by atoms with van der Waals surface area (Å²) >= 11 is 2.03. The highest BCUT2D eigenvalue weighted by atomic mass is 32.2. The third-order valence-electron chi connectivity index (χ3n) is 2.80. The van der Waals surface area contributed by atoms with Crippen LogP contribution in [0.1, 0.15) is 19.3 Å². The lowest BCUT2D eigenvalue weighted by Gasteiger charge is -2.23. The van der Waals surface area contributed by atoms with Crippen LogP contribution in [0.15, 0.2) is 0 Å². The molecule has 0 aromatic rings. The fourth-order valence-corrected chi connectivity index (χ4v) is 3.17. The molecule has 2 rings (SSSR count). The van der Waals surface area contributed by atoms with Crippen molar-refractivity contribution in [2.75, 3.05) is 24.7 Å². The van der Waals surface area contributed by atoms with Crippen LogP contribution in [-0.2, 0) is 9.47 Å². The van der Waals surface area contributed by atoms with Crippen molar-refractivity contribution in [2.24, 2.45) is 5.92 Å². The lowest BCUT2D eigenvalue weighted by atomic mass is 10.0. The van der Waals surface area contributed by atoms with Crippen LogP contribution in [0.4, 0.5) is 0 Å². The number of thioether (sulfide) groups is 1. The molecule has 2 aliphatic rings. The lowest BCUT2D eigenvalue weighted by molar-refractivity contribution is -0.0769. The van der Waals surface area contributed by atoms with Gasteiger partial charge in [-0.1, -0.05) is 0 Å². The molecule has 2 fully saturated rings. The number of rotatable bonds is 3. The molecule has 4 heteroatoms. The Labute approximate surface area is 89.2 Å². The Balaban J connectivity index is 1.69. The minimum Gasteiger partial charge on any atom is -0.394 e. The van der Waals surface area contributed by atoms with Gasteiger partial charge in [-0.25, -0.2) is 0 Å². The third kappa shape index (κ3) is 2.86. The van der Waals surface area contributed by atoms with Gasteiger partial charge in [-0.15, -0.1) is 0 Å². The van der Waals surface area contributed by atoms with E-state index in [0.717, 1.165) is 12.3 Å². The third-order valence-corrected chi connectivity index (χ3v) is 4.08. The molecular formula is C10H18O3S. The molecule has 0 spiro atoms. The van der Waals surface area contributed by atoms with Crippen molar-refractivity contribution in [3.05, 3.63) is 0 Å². The van der Waals surface area contributed by atoms with Crippen LogP contribution in [0.5, 0.6) is 0 Å². The molecule has 14 heavy (non-hydrogen) atoms. The van der Waals surface area contributed by atoms with Crippen molar-refractivity contribution in [1.82, 2.24) is 0 Å². The van der Waals surface area contributed by atoms with Gasteiger partial charge in [0.25, 0.3) is 0 Å². The van der Waals surface area contributed by atoms with E-state index in [1.165, 1.54) is 24.3 Å². The Morgan fingerprint density at radius 1 is 1.43 bits per heavy atom. The largest absolute Gasteiger partial charge is 0.394 e. The molecule has 0 aromatic carbocycles. The average molecular weight is 218 g/mol. The van der Waals surface area contributed by atoms with Crippen LogP contribution in [-0.4, -0.2) is 42.2 Å². The maximum atomic E-state index is 8.88. The summed E-state index contributed by atoms with van der Waals surface area (Å²) in [7, 11) is 0. The Kier molecular flexibility index (Phi) is 4.10. The highest BCUT2D eigenvalue weighted by molar-refractivity contribution is 7.99. The van der Waals surface area contributed by atoms with Crippen molar-refractivity contribution < 1.29 is 14.6 Å². The van der Waals surface area contributed by atoms with Crippen molar-refractivity contribution >= 4 is 11.8 Å². The van der Waals surface area contributed by atoms with Gasteiger partial charge in [0.2, 0.25) is 0 Å². The fraction of sp³-hybridized carbons (Fsp3) is 1.00. The Hall–Kier alpha value is 0.230. The van der Waals surface area contributed by atoms with Gasteiger partial charge in [-0.2, -0.15) is 11.8 Å². The second-order valence-corrected chi connectivity index (χ2v) is 5.17. The van der Waals surface area contributed by atoms with E-state index >= 15 is 0 Å². The topological polar surface area (TPSA) is 38.7 Å². The smallest absolute Gasteiger partial charge is 0.158 e. The van der Waals surface area contributed by atoms with E-state index in [2.05, 4.69) is 0 Å². The lowest BCUT2D eigenvalue weighted by Crippen LogP contribution is -2.21. The number of hydrogen-bond acceptors (Lipinski definition) is 4. The quantitative estimate of drug-likeness (QED) is 0.774. The van der Waals surface area contributed by atoms with Gasteiger partial charge in [0.15, 0.2) is 6.29 Å². The molecule has 0 bridgehead atoms. The van der Waals surface area contributed by atoms with E-state index in [4.69, 9.17) is 14.6 Å². The van der Waals surface area contributed by atoms with E-state index in [9.17, 15) is 0 Å².